The predicted octanol–water partition coefficient (Wildman–Crippen LogP) is 4.14. The van der Waals surface area contributed by atoms with Gasteiger partial charge in [0.1, 0.15) is 11.3 Å². The predicted molar refractivity (Wildman–Crippen MR) is 79.7 cm³/mol. The van der Waals surface area contributed by atoms with E-state index in [1.165, 1.54) is 18.9 Å². The first-order chi connectivity index (χ1) is 10.2. The van der Waals surface area contributed by atoms with E-state index in [-0.39, 0.29) is 5.02 Å². The zero-order valence-corrected chi connectivity index (χ0v) is 11.8. The molecule has 0 spiro atoms. The Morgan fingerprint density at radius 1 is 1.29 bits per heavy atom. The van der Waals surface area contributed by atoms with Crippen LogP contribution in [0.1, 0.15) is 24.5 Å². The summed E-state index contributed by atoms with van der Waals surface area (Å²) in [6.45, 7) is 0. The van der Waals surface area contributed by atoms with Crippen molar-refractivity contribution in [3.63, 3.8) is 0 Å². The van der Waals surface area contributed by atoms with Crippen molar-refractivity contribution in [2.75, 3.05) is 5.32 Å². The second-order valence-electron chi connectivity index (χ2n) is 5.20. The van der Waals surface area contributed by atoms with Crippen LogP contribution in [-0.2, 0) is 0 Å². The van der Waals surface area contributed by atoms with Gasteiger partial charge < -0.3 is 5.32 Å². The maximum atomic E-state index is 13.2. The fraction of sp³-hybridized carbons (Fsp3) is 0.200. The first kappa shape index (κ1) is 12.6. The average Bonchev–Trinajstić information content (AvgIpc) is 3.23. The van der Waals surface area contributed by atoms with Crippen molar-refractivity contribution < 1.29 is 4.39 Å². The van der Waals surface area contributed by atoms with Gasteiger partial charge in [0.05, 0.1) is 10.7 Å². The standard InChI is InChI=1S/C15H12ClFN4/c16-11-7-10(3-4-12(11)17)19-15-14-8-13(9-1-2-9)20-21(14)6-5-18-15/h3-9H,1-2H2,(H,18,19). The number of nitrogens with zero attached hydrogens (tertiary/aromatic N) is 3. The molecule has 1 saturated carbocycles. The van der Waals surface area contributed by atoms with Crippen LogP contribution in [0.5, 0.6) is 0 Å². The Hall–Kier alpha value is -2.14. The van der Waals surface area contributed by atoms with Crippen molar-refractivity contribution in [2.24, 2.45) is 0 Å². The molecule has 6 heteroatoms. The highest BCUT2D eigenvalue weighted by atomic mass is 35.5. The zero-order valence-electron chi connectivity index (χ0n) is 11.1. The fourth-order valence-corrected chi connectivity index (χ4v) is 2.51. The Morgan fingerprint density at radius 2 is 2.14 bits per heavy atom. The van der Waals surface area contributed by atoms with Gasteiger partial charge in [-0.15, -0.1) is 0 Å². The fourth-order valence-electron chi connectivity index (χ4n) is 2.33. The molecule has 0 unspecified atom stereocenters. The van der Waals surface area contributed by atoms with Crippen molar-refractivity contribution in [3.05, 3.63) is 53.2 Å². The molecule has 3 aromatic rings. The van der Waals surface area contributed by atoms with Crippen molar-refractivity contribution >= 4 is 28.6 Å². The Morgan fingerprint density at radius 3 is 2.90 bits per heavy atom. The van der Waals surface area contributed by atoms with Gasteiger partial charge in [-0.3, -0.25) is 0 Å². The monoisotopic (exact) mass is 302 g/mol. The van der Waals surface area contributed by atoms with Gasteiger partial charge >= 0.3 is 0 Å². The molecular formula is C15H12ClFN4. The van der Waals surface area contributed by atoms with E-state index >= 15 is 0 Å². The number of benzene rings is 1. The molecular weight excluding hydrogens is 291 g/mol. The second-order valence-corrected chi connectivity index (χ2v) is 5.61. The summed E-state index contributed by atoms with van der Waals surface area (Å²) in [5.74, 6) is 0.825. The third-order valence-electron chi connectivity index (χ3n) is 3.59. The molecule has 1 aliphatic rings. The highest BCUT2D eigenvalue weighted by molar-refractivity contribution is 6.31. The SMILES string of the molecule is Fc1ccc(Nc2nccn3nc(C4CC4)cc23)cc1Cl. The lowest BCUT2D eigenvalue weighted by Crippen LogP contribution is -1.98. The van der Waals surface area contributed by atoms with Gasteiger partial charge in [0.2, 0.25) is 0 Å². The molecule has 1 fully saturated rings. The van der Waals surface area contributed by atoms with Gasteiger partial charge in [0.25, 0.3) is 0 Å². The van der Waals surface area contributed by atoms with E-state index in [9.17, 15) is 4.39 Å². The first-order valence-corrected chi connectivity index (χ1v) is 7.15. The summed E-state index contributed by atoms with van der Waals surface area (Å²) < 4.78 is 15.0. The van der Waals surface area contributed by atoms with E-state index in [1.807, 2.05) is 10.7 Å². The summed E-state index contributed by atoms with van der Waals surface area (Å²) in [5, 5.41) is 7.81. The summed E-state index contributed by atoms with van der Waals surface area (Å²) in [6.07, 6.45) is 5.91. The number of fused-ring (bicyclic) bond motifs is 1. The minimum Gasteiger partial charge on any atom is -0.338 e. The minimum absolute atomic E-state index is 0.0825. The summed E-state index contributed by atoms with van der Waals surface area (Å²) in [6, 6.07) is 6.56. The van der Waals surface area contributed by atoms with E-state index < -0.39 is 5.82 Å². The molecule has 106 valence electrons. The third kappa shape index (κ3) is 2.34. The maximum absolute atomic E-state index is 13.2. The Labute approximate surface area is 125 Å². The van der Waals surface area contributed by atoms with E-state index in [1.54, 1.807) is 18.3 Å². The van der Waals surface area contributed by atoms with Crippen LogP contribution in [0.4, 0.5) is 15.9 Å². The molecule has 1 aliphatic carbocycles. The lowest BCUT2D eigenvalue weighted by molar-refractivity contribution is 0.628. The van der Waals surface area contributed by atoms with E-state index in [0.29, 0.717) is 17.4 Å². The molecule has 2 heterocycles. The van der Waals surface area contributed by atoms with Gasteiger partial charge in [-0.05, 0) is 37.1 Å². The molecule has 0 amide bonds. The van der Waals surface area contributed by atoms with Crippen LogP contribution >= 0.6 is 11.6 Å². The number of nitrogens with one attached hydrogen (secondary N) is 1. The summed E-state index contributed by atoms with van der Waals surface area (Å²) in [5.41, 5.74) is 2.69. The van der Waals surface area contributed by atoms with Crippen LogP contribution in [0.15, 0.2) is 36.7 Å². The Balaban J connectivity index is 1.73. The molecule has 1 aromatic carbocycles. The normalized spacial score (nSPS) is 14.6. The number of hydrogen-bond donors (Lipinski definition) is 1. The van der Waals surface area contributed by atoms with Gasteiger partial charge in [0, 0.05) is 24.0 Å². The second kappa shape index (κ2) is 4.70. The van der Waals surface area contributed by atoms with E-state index in [2.05, 4.69) is 21.5 Å². The van der Waals surface area contributed by atoms with Crippen molar-refractivity contribution in [1.82, 2.24) is 14.6 Å². The number of rotatable bonds is 3. The Kier molecular flexibility index (Phi) is 2.82. The number of halogens is 2. The van der Waals surface area contributed by atoms with Gasteiger partial charge in [0.15, 0.2) is 5.82 Å². The smallest absolute Gasteiger partial charge is 0.156 e. The molecule has 0 radical (unpaired) electrons. The maximum Gasteiger partial charge on any atom is 0.156 e. The topological polar surface area (TPSA) is 42.2 Å². The zero-order chi connectivity index (χ0) is 14.4. The van der Waals surface area contributed by atoms with Crippen LogP contribution in [0.2, 0.25) is 5.02 Å². The van der Waals surface area contributed by atoms with Crippen LogP contribution in [-0.4, -0.2) is 14.6 Å². The molecule has 0 saturated heterocycles. The van der Waals surface area contributed by atoms with E-state index in [0.717, 1.165) is 11.2 Å². The van der Waals surface area contributed by atoms with Gasteiger partial charge in [-0.2, -0.15) is 5.10 Å². The summed E-state index contributed by atoms with van der Waals surface area (Å²) >= 11 is 5.80. The first-order valence-electron chi connectivity index (χ1n) is 6.77. The highest BCUT2D eigenvalue weighted by Crippen LogP contribution is 2.40. The van der Waals surface area contributed by atoms with Gasteiger partial charge in [-0.25, -0.2) is 13.9 Å². The highest BCUT2D eigenvalue weighted by Gasteiger charge is 2.26. The van der Waals surface area contributed by atoms with E-state index in [4.69, 9.17) is 11.6 Å². The quantitative estimate of drug-likeness (QED) is 0.790. The van der Waals surface area contributed by atoms with Crippen molar-refractivity contribution in [2.45, 2.75) is 18.8 Å². The largest absolute Gasteiger partial charge is 0.338 e. The lowest BCUT2D eigenvalue weighted by Gasteiger charge is -2.07. The number of aromatic nitrogens is 3. The minimum atomic E-state index is -0.436. The molecule has 21 heavy (non-hydrogen) atoms. The van der Waals surface area contributed by atoms with Crippen LogP contribution in [0.25, 0.3) is 5.52 Å². The Bertz CT molecular complexity index is 826. The molecule has 1 N–H and O–H groups in total. The van der Waals surface area contributed by atoms with Gasteiger partial charge in [-0.1, -0.05) is 11.6 Å². The summed E-state index contributed by atoms with van der Waals surface area (Å²) in [4.78, 5) is 4.34. The van der Waals surface area contributed by atoms with Crippen LogP contribution < -0.4 is 5.32 Å². The van der Waals surface area contributed by atoms with Crippen molar-refractivity contribution in [1.29, 1.82) is 0 Å². The molecule has 4 nitrogen and oxygen atoms in total. The molecule has 4 rings (SSSR count). The summed E-state index contributed by atoms with van der Waals surface area (Å²) in [7, 11) is 0. The number of hydrogen-bond acceptors (Lipinski definition) is 3. The molecule has 2 aromatic heterocycles. The molecule has 0 bridgehead atoms. The average molecular weight is 303 g/mol. The number of anilines is 2. The lowest BCUT2D eigenvalue weighted by atomic mass is 10.2. The molecule has 0 atom stereocenters. The van der Waals surface area contributed by atoms with Crippen molar-refractivity contribution in [3.8, 4) is 0 Å². The molecule has 0 aliphatic heterocycles. The van der Waals surface area contributed by atoms with Crippen LogP contribution in [0.3, 0.4) is 0 Å². The third-order valence-corrected chi connectivity index (χ3v) is 3.88. The van der Waals surface area contributed by atoms with Crippen LogP contribution in [0, 0.1) is 5.82 Å².